The second-order valence-corrected chi connectivity index (χ2v) is 11.5. The van der Waals surface area contributed by atoms with E-state index in [1.54, 1.807) is 23.5 Å². The van der Waals surface area contributed by atoms with Crippen molar-refractivity contribution in [3.05, 3.63) is 49.0 Å². The molecule has 0 radical (unpaired) electrons. The third-order valence-corrected chi connectivity index (χ3v) is 7.81. The van der Waals surface area contributed by atoms with Crippen LogP contribution in [0.15, 0.2) is 39.2 Å². The average Bonchev–Trinajstić information content (AvgIpc) is 3.22. The second-order valence-electron chi connectivity index (χ2n) is 8.14. The summed E-state index contributed by atoms with van der Waals surface area (Å²) in [7, 11) is 0. The van der Waals surface area contributed by atoms with Crippen molar-refractivity contribution in [2.45, 2.75) is 39.2 Å². The summed E-state index contributed by atoms with van der Waals surface area (Å²) < 4.78 is 1.03. The zero-order valence-electron chi connectivity index (χ0n) is 16.8. The molecule has 2 aliphatic heterocycles. The first kappa shape index (κ1) is 22.1. The first-order chi connectivity index (χ1) is 14.3. The summed E-state index contributed by atoms with van der Waals surface area (Å²) in [5.41, 5.74) is 3.75. The monoisotopic (exact) mass is 528 g/mol. The molecule has 4 rings (SSSR count). The maximum atomic E-state index is 13.3. The summed E-state index contributed by atoms with van der Waals surface area (Å²) in [5, 5.41) is 9.73. The van der Waals surface area contributed by atoms with E-state index in [0.717, 1.165) is 40.3 Å². The smallest absolute Gasteiger partial charge is 0.282 e. The van der Waals surface area contributed by atoms with E-state index in [1.165, 1.54) is 6.42 Å². The largest absolute Gasteiger partial charge is 0.284 e. The van der Waals surface area contributed by atoms with Gasteiger partial charge in [-0.3, -0.25) is 15.2 Å². The van der Waals surface area contributed by atoms with Crippen LogP contribution in [0.1, 0.15) is 44.0 Å². The Bertz CT molecular complexity index is 987. The Morgan fingerprint density at radius 2 is 1.93 bits per heavy atom. The Morgan fingerprint density at radius 3 is 2.57 bits per heavy atom. The van der Waals surface area contributed by atoms with Crippen molar-refractivity contribution >= 4 is 67.8 Å². The lowest BCUT2D eigenvalue weighted by molar-refractivity contribution is -0.120. The Hall–Kier alpha value is -1.12. The predicted molar refractivity (Wildman–Crippen MR) is 128 cm³/mol. The lowest BCUT2D eigenvalue weighted by Crippen LogP contribution is -2.50. The van der Waals surface area contributed by atoms with Crippen molar-refractivity contribution < 1.29 is 4.79 Å². The van der Waals surface area contributed by atoms with Crippen molar-refractivity contribution in [1.82, 2.24) is 10.4 Å². The maximum absolute atomic E-state index is 13.3. The quantitative estimate of drug-likeness (QED) is 0.507. The molecule has 0 saturated carbocycles. The van der Waals surface area contributed by atoms with E-state index < -0.39 is 5.41 Å². The van der Waals surface area contributed by atoms with E-state index in [1.807, 2.05) is 22.2 Å². The van der Waals surface area contributed by atoms with Crippen molar-refractivity contribution in [1.29, 1.82) is 0 Å². The number of hydrazine groups is 1. The normalized spacial score (nSPS) is 21.6. The van der Waals surface area contributed by atoms with Gasteiger partial charge in [0.2, 0.25) is 0 Å². The summed E-state index contributed by atoms with van der Waals surface area (Å²) in [6.45, 7) is 5.86. The molecule has 30 heavy (non-hydrogen) atoms. The van der Waals surface area contributed by atoms with Crippen LogP contribution in [0.3, 0.4) is 0 Å². The van der Waals surface area contributed by atoms with Crippen LogP contribution in [0.25, 0.3) is 0 Å². The van der Waals surface area contributed by atoms with Gasteiger partial charge in [0.25, 0.3) is 5.91 Å². The number of amides is 1. The van der Waals surface area contributed by atoms with Crippen molar-refractivity contribution in [2.24, 2.45) is 10.5 Å². The van der Waals surface area contributed by atoms with Gasteiger partial charge in [-0.1, -0.05) is 43.5 Å². The number of piperidine rings is 1. The molecule has 160 valence electrons. The third kappa shape index (κ3) is 4.28. The van der Waals surface area contributed by atoms with Crippen LogP contribution in [0.5, 0.6) is 0 Å². The average molecular weight is 530 g/mol. The van der Waals surface area contributed by atoms with Gasteiger partial charge in [0.1, 0.15) is 5.71 Å². The van der Waals surface area contributed by atoms with E-state index in [4.69, 9.17) is 28.3 Å². The highest BCUT2D eigenvalue weighted by molar-refractivity contribution is 9.11. The van der Waals surface area contributed by atoms with Crippen molar-refractivity contribution in [3.63, 3.8) is 0 Å². The molecule has 5 nitrogen and oxygen atoms in total. The standard InChI is InChI=1S/C21H23BrCl2N4OS/c1-21(2)18(20(29)26-27-10-4-3-5-11-27)25-28(15-7-6-13(23)12-14(15)24)19(21)16-8-9-17(22)30-16/h6-9,12,19H,3-5,10-11H2,1-2H3,(H,26,29). The zero-order valence-corrected chi connectivity index (χ0v) is 20.7. The SMILES string of the molecule is CC1(C)C(C(=O)NN2CCCCC2)=NN(c2ccc(Cl)cc2Cl)C1c1ccc(Br)s1. The molecule has 0 aliphatic carbocycles. The fourth-order valence-electron chi connectivity index (χ4n) is 4.08. The molecule has 1 unspecified atom stereocenters. The number of rotatable bonds is 4. The van der Waals surface area contributed by atoms with Crippen LogP contribution in [0.4, 0.5) is 5.69 Å². The van der Waals surface area contributed by atoms with E-state index in [2.05, 4.69) is 41.3 Å². The van der Waals surface area contributed by atoms with E-state index in [9.17, 15) is 4.79 Å². The Kier molecular flexibility index (Phi) is 6.47. The molecule has 1 saturated heterocycles. The molecule has 1 aromatic heterocycles. The van der Waals surface area contributed by atoms with Crippen LogP contribution >= 0.6 is 50.5 Å². The molecule has 2 aromatic rings. The number of hydrazone groups is 1. The van der Waals surface area contributed by atoms with Gasteiger partial charge in [0.15, 0.2) is 0 Å². The molecule has 3 heterocycles. The topological polar surface area (TPSA) is 47.9 Å². The summed E-state index contributed by atoms with van der Waals surface area (Å²) in [6, 6.07) is 9.26. The molecule has 1 amide bonds. The molecule has 1 N–H and O–H groups in total. The van der Waals surface area contributed by atoms with Gasteiger partial charge in [-0.25, -0.2) is 5.01 Å². The second kappa shape index (κ2) is 8.79. The molecule has 0 bridgehead atoms. The number of hydrogen-bond donors (Lipinski definition) is 1. The van der Waals surface area contributed by atoms with Crippen LogP contribution in [0, 0.1) is 5.41 Å². The number of nitrogens with zero attached hydrogens (tertiary/aromatic N) is 3. The van der Waals surface area contributed by atoms with Crippen LogP contribution in [0.2, 0.25) is 10.0 Å². The highest BCUT2D eigenvalue weighted by atomic mass is 79.9. The van der Waals surface area contributed by atoms with Gasteiger partial charge in [0.05, 0.1) is 20.5 Å². The Morgan fingerprint density at radius 1 is 1.20 bits per heavy atom. The molecule has 2 aliphatic rings. The number of thiophene rings is 1. The Balaban J connectivity index is 1.73. The minimum Gasteiger partial charge on any atom is -0.284 e. The van der Waals surface area contributed by atoms with Gasteiger partial charge in [0, 0.05) is 28.4 Å². The lowest BCUT2D eigenvalue weighted by atomic mass is 9.79. The lowest BCUT2D eigenvalue weighted by Gasteiger charge is -2.33. The van der Waals surface area contributed by atoms with Gasteiger partial charge in [-0.05, 0) is 59.1 Å². The van der Waals surface area contributed by atoms with Crippen molar-refractivity contribution in [3.8, 4) is 0 Å². The summed E-state index contributed by atoms with van der Waals surface area (Å²) in [5.74, 6) is -0.157. The first-order valence-electron chi connectivity index (χ1n) is 9.92. The van der Waals surface area contributed by atoms with Crippen molar-refractivity contribution in [2.75, 3.05) is 18.1 Å². The number of nitrogens with one attached hydrogen (secondary N) is 1. The summed E-state index contributed by atoms with van der Waals surface area (Å²) >= 11 is 17.8. The molecular formula is C21H23BrCl2N4OS. The van der Waals surface area contributed by atoms with Crippen LogP contribution in [-0.2, 0) is 4.79 Å². The first-order valence-corrected chi connectivity index (χ1v) is 12.3. The molecule has 0 spiro atoms. The number of anilines is 1. The van der Waals surface area contributed by atoms with Gasteiger partial charge >= 0.3 is 0 Å². The molecular weight excluding hydrogens is 507 g/mol. The van der Waals surface area contributed by atoms with Crippen LogP contribution < -0.4 is 10.4 Å². The third-order valence-electron chi connectivity index (χ3n) is 5.60. The fourth-order valence-corrected chi connectivity index (χ4v) is 6.27. The van der Waals surface area contributed by atoms with E-state index in [0.29, 0.717) is 15.8 Å². The summed E-state index contributed by atoms with van der Waals surface area (Å²) in [4.78, 5) is 14.4. The minimum absolute atomic E-state index is 0.157. The highest BCUT2D eigenvalue weighted by Gasteiger charge is 2.49. The van der Waals surface area contributed by atoms with Gasteiger partial charge in [-0.15, -0.1) is 11.3 Å². The van der Waals surface area contributed by atoms with Crippen LogP contribution in [-0.4, -0.2) is 29.7 Å². The number of benzene rings is 1. The van der Waals surface area contributed by atoms with E-state index in [-0.39, 0.29) is 11.9 Å². The minimum atomic E-state index is -0.535. The number of carbonyl (C=O) groups excluding carboxylic acids is 1. The molecule has 1 fully saturated rings. The molecule has 1 atom stereocenters. The van der Waals surface area contributed by atoms with Gasteiger partial charge < -0.3 is 0 Å². The summed E-state index contributed by atoms with van der Waals surface area (Å²) in [6.07, 6.45) is 3.39. The molecule has 1 aromatic carbocycles. The number of halogens is 3. The van der Waals surface area contributed by atoms with E-state index >= 15 is 0 Å². The fraction of sp³-hybridized carbons (Fsp3) is 0.429. The number of carbonyl (C=O) groups is 1. The zero-order chi connectivity index (χ0) is 21.5. The predicted octanol–water partition coefficient (Wildman–Crippen LogP) is 6.28. The Labute approximate surface area is 199 Å². The van der Waals surface area contributed by atoms with Gasteiger partial charge in [-0.2, -0.15) is 5.10 Å². The maximum Gasteiger partial charge on any atom is 0.282 e. The highest BCUT2D eigenvalue weighted by Crippen LogP contribution is 2.50. The molecule has 9 heteroatoms. The number of hydrogen-bond acceptors (Lipinski definition) is 5.